The van der Waals surface area contributed by atoms with Gasteiger partial charge in [-0.2, -0.15) is 13.2 Å². The van der Waals surface area contributed by atoms with E-state index in [9.17, 15) is 22.4 Å². The fourth-order valence-corrected chi connectivity index (χ4v) is 2.51. The monoisotopic (exact) mass is 325 g/mol. The molecule has 0 radical (unpaired) electrons. The Morgan fingerprint density at radius 1 is 1.38 bits per heavy atom. The molecular formula is C12H12ClF4N3O. The van der Waals surface area contributed by atoms with Crippen molar-refractivity contribution in [3.63, 3.8) is 0 Å². The summed E-state index contributed by atoms with van der Waals surface area (Å²) in [6.07, 6.45) is -3.72. The first-order chi connectivity index (χ1) is 9.71. The molecule has 21 heavy (non-hydrogen) atoms. The number of nitrogens with one attached hydrogen (secondary N) is 1. The summed E-state index contributed by atoms with van der Waals surface area (Å²) < 4.78 is 51.0. The minimum absolute atomic E-state index is 0.0579. The van der Waals surface area contributed by atoms with Crippen molar-refractivity contribution in [3.8, 4) is 0 Å². The number of carbonyl (C=O) groups is 1. The molecule has 0 aliphatic carbocycles. The maximum atomic E-state index is 14.8. The van der Waals surface area contributed by atoms with Crippen LogP contribution in [0.3, 0.4) is 0 Å². The second kappa shape index (κ2) is 5.67. The molecule has 4 nitrogen and oxygen atoms in total. The first kappa shape index (κ1) is 15.8. The van der Waals surface area contributed by atoms with E-state index in [4.69, 9.17) is 11.6 Å². The number of carbonyl (C=O) groups excluding carboxylic acids is 1. The zero-order chi connectivity index (χ0) is 15.7. The average molecular weight is 326 g/mol. The number of hydrogen-bond acceptors (Lipinski definition) is 2. The van der Waals surface area contributed by atoms with Crippen LogP contribution in [0.15, 0.2) is 18.3 Å². The van der Waals surface area contributed by atoms with Gasteiger partial charge in [0.25, 0.3) is 0 Å². The summed E-state index contributed by atoms with van der Waals surface area (Å²) in [7, 11) is 0. The summed E-state index contributed by atoms with van der Waals surface area (Å²) in [5, 5.41) is 1.05. The number of hydrogen-bond donors (Lipinski definition) is 1. The van der Waals surface area contributed by atoms with Crippen LogP contribution in [0.25, 0.3) is 0 Å². The molecular weight excluding hydrogens is 314 g/mol. The summed E-state index contributed by atoms with van der Waals surface area (Å²) in [5.41, 5.74) is -1.78. The van der Waals surface area contributed by atoms with Crippen molar-refractivity contribution in [1.29, 1.82) is 0 Å². The van der Waals surface area contributed by atoms with Gasteiger partial charge in [-0.15, -0.1) is 0 Å². The largest absolute Gasteiger partial charge is 0.485 e. The zero-order valence-corrected chi connectivity index (χ0v) is 11.5. The van der Waals surface area contributed by atoms with E-state index in [-0.39, 0.29) is 36.6 Å². The number of piperidine rings is 1. The maximum absolute atomic E-state index is 14.8. The van der Waals surface area contributed by atoms with Gasteiger partial charge in [0.1, 0.15) is 0 Å². The number of rotatable bonds is 1. The molecule has 2 rings (SSSR count). The Balaban J connectivity index is 2.03. The Morgan fingerprint density at radius 2 is 2.00 bits per heavy atom. The summed E-state index contributed by atoms with van der Waals surface area (Å²) in [6, 6.07) is 1.77. The van der Waals surface area contributed by atoms with Crippen LogP contribution in [0.1, 0.15) is 18.5 Å². The van der Waals surface area contributed by atoms with Gasteiger partial charge >= 0.3 is 12.3 Å². The SMILES string of the molecule is O=C(NC(F)(F)F)N1CCC(F)(c2ncccc2Cl)CC1. The fraction of sp³-hybridized carbons (Fsp3) is 0.500. The van der Waals surface area contributed by atoms with Crippen molar-refractivity contribution in [3.05, 3.63) is 29.0 Å². The molecule has 2 heterocycles. The first-order valence-corrected chi connectivity index (χ1v) is 6.53. The van der Waals surface area contributed by atoms with Crippen LogP contribution in [-0.4, -0.2) is 35.3 Å². The van der Waals surface area contributed by atoms with Gasteiger partial charge in [-0.25, -0.2) is 14.5 Å². The molecule has 116 valence electrons. The van der Waals surface area contributed by atoms with Crippen LogP contribution in [0.5, 0.6) is 0 Å². The predicted molar refractivity (Wildman–Crippen MR) is 67.4 cm³/mol. The number of alkyl halides is 4. The third-order valence-corrected chi connectivity index (χ3v) is 3.58. The molecule has 0 bridgehead atoms. The molecule has 9 heteroatoms. The number of pyridine rings is 1. The zero-order valence-electron chi connectivity index (χ0n) is 10.8. The van der Waals surface area contributed by atoms with Crippen LogP contribution in [0.2, 0.25) is 5.02 Å². The highest BCUT2D eigenvalue weighted by Crippen LogP contribution is 2.39. The van der Waals surface area contributed by atoms with Gasteiger partial charge in [-0.3, -0.25) is 4.98 Å². The van der Waals surface area contributed by atoms with E-state index in [1.807, 2.05) is 0 Å². The van der Waals surface area contributed by atoms with Crippen LogP contribution in [0, 0.1) is 0 Å². The Kier molecular flexibility index (Phi) is 4.27. The Hall–Kier alpha value is -1.57. The molecule has 1 aliphatic rings. The lowest BCUT2D eigenvalue weighted by Gasteiger charge is -2.36. The van der Waals surface area contributed by atoms with Gasteiger partial charge in [0.2, 0.25) is 0 Å². The third-order valence-electron chi connectivity index (χ3n) is 3.27. The highest BCUT2D eigenvalue weighted by atomic mass is 35.5. The van der Waals surface area contributed by atoms with Gasteiger partial charge in [-0.05, 0) is 12.1 Å². The second-order valence-corrected chi connectivity index (χ2v) is 5.12. The summed E-state index contributed by atoms with van der Waals surface area (Å²) in [6.45, 7) is -0.295. The molecule has 1 saturated heterocycles. The second-order valence-electron chi connectivity index (χ2n) is 4.71. The summed E-state index contributed by atoms with van der Waals surface area (Å²) >= 11 is 5.89. The Morgan fingerprint density at radius 3 is 2.52 bits per heavy atom. The Labute approximate surface area is 123 Å². The minimum Gasteiger partial charge on any atom is -0.324 e. The summed E-state index contributed by atoms with van der Waals surface area (Å²) in [5.74, 6) is 0. The number of halogens is 5. The van der Waals surface area contributed by atoms with E-state index in [2.05, 4.69) is 4.98 Å². The molecule has 0 atom stereocenters. The van der Waals surface area contributed by atoms with Crippen molar-refractivity contribution in [2.45, 2.75) is 24.8 Å². The van der Waals surface area contributed by atoms with Crippen LogP contribution in [0.4, 0.5) is 22.4 Å². The highest BCUT2D eigenvalue weighted by Gasteiger charge is 2.41. The van der Waals surface area contributed by atoms with Gasteiger partial charge in [0, 0.05) is 32.1 Å². The van der Waals surface area contributed by atoms with E-state index < -0.39 is 18.0 Å². The molecule has 0 saturated carbocycles. The smallest absolute Gasteiger partial charge is 0.324 e. The normalized spacial score (nSPS) is 18.4. The van der Waals surface area contributed by atoms with E-state index in [0.29, 0.717) is 0 Å². The molecule has 1 fully saturated rings. The third kappa shape index (κ3) is 3.75. The standard InChI is InChI=1S/C12H12ClF4N3O/c13-8-2-1-5-18-9(8)11(14)3-6-20(7-4-11)10(21)19-12(15,16)17/h1-2,5H,3-4,6-7H2,(H,19,21). The van der Waals surface area contributed by atoms with E-state index in [0.717, 1.165) is 10.2 Å². The molecule has 2 amide bonds. The van der Waals surface area contributed by atoms with Gasteiger partial charge in [0.15, 0.2) is 5.67 Å². The van der Waals surface area contributed by atoms with Crippen molar-refractivity contribution in [1.82, 2.24) is 15.2 Å². The minimum atomic E-state index is -4.80. The van der Waals surface area contributed by atoms with Crippen LogP contribution in [-0.2, 0) is 5.67 Å². The van der Waals surface area contributed by atoms with Gasteiger partial charge in [0.05, 0.1) is 10.7 Å². The van der Waals surface area contributed by atoms with Gasteiger partial charge in [-0.1, -0.05) is 11.6 Å². The molecule has 0 aromatic carbocycles. The molecule has 1 aromatic rings. The number of aromatic nitrogens is 1. The lowest BCUT2D eigenvalue weighted by molar-refractivity contribution is -0.147. The van der Waals surface area contributed by atoms with Crippen molar-refractivity contribution < 1.29 is 22.4 Å². The van der Waals surface area contributed by atoms with Crippen molar-refractivity contribution in [2.24, 2.45) is 0 Å². The maximum Gasteiger partial charge on any atom is 0.485 e. The lowest BCUT2D eigenvalue weighted by Crippen LogP contribution is -2.51. The van der Waals surface area contributed by atoms with Crippen molar-refractivity contribution >= 4 is 17.6 Å². The molecule has 1 aromatic heterocycles. The topological polar surface area (TPSA) is 45.2 Å². The number of nitrogens with zero attached hydrogens (tertiary/aromatic N) is 2. The fourth-order valence-electron chi connectivity index (χ4n) is 2.22. The highest BCUT2D eigenvalue weighted by molar-refractivity contribution is 6.31. The number of urea groups is 1. The average Bonchev–Trinajstić information content (AvgIpc) is 2.37. The van der Waals surface area contributed by atoms with Gasteiger partial charge < -0.3 is 4.90 Å². The Bertz CT molecular complexity index is 529. The van der Waals surface area contributed by atoms with E-state index in [1.165, 1.54) is 12.3 Å². The number of amides is 2. The molecule has 1 aliphatic heterocycles. The quantitative estimate of drug-likeness (QED) is 0.636. The van der Waals surface area contributed by atoms with E-state index in [1.54, 1.807) is 6.07 Å². The predicted octanol–water partition coefficient (Wildman–Crippen LogP) is 3.23. The molecule has 1 N–H and O–H groups in total. The van der Waals surface area contributed by atoms with Crippen molar-refractivity contribution in [2.75, 3.05) is 13.1 Å². The molecule has 0 spiro atoms. The van der Waals surface area contributed by atoms with Crippen LogP contribution < -0.4 is 5.32 Å². The summed E-state index contributed by atoms with van der Waals surface area (Å²) in [4.78, 5) is 16.2. The number of likely N-dealkylation sites (tertiary alicyclic amines) is 1. The first-order valence-electron chi connectivity index (χ1n) is 6.15. The van der Waals surface area contributed by atoms with Crippen LogP contribution >= 0.6 is 11.6 Å². The molecule has 0 unspecified atom stereocenters. The lowest BCUT2D eigenvalue weighted by atomic mass is 9.89. The van der Waals surface area contributed by atoms with E-state index >= 15 is 0 Å².